The normalized spacial score (nSPS) is 17.2. The summed E-state index contributed by atoms with van der Waals surface area (Å²) in [5, 5.41) is 7.83. The second kappa shape index (κ2) is 8.74. The summed E-state index contributed by atoms with van der Waals surface area (Å²) in [6.07, 6.45) is 13.6. The van der Waals surface area contributed by atoms with Crippen LogP contribution in [-0.4, -0.2) is 10.2 Å². The van der Waals surface area contributed by atoms with Crippen LogP contribution >= 0.6 is 0 Å². The zero-order valence-electron chi connectivity index (χ0n) is 15.9. The second-order valence-corrected chi connectivity index (χ2v) is 7.55. The van der Waals surface area contributed by atoms with Crippen LogP contribution in [-0.2, 0) is 10.8 Å². The first-order valence-electron chi connectivity index (χ1n) is 9.51. The molecule has 1 heterocycles. The van der Waals surface area contributed by atoms with Gasteiger partial charge >= 0.3 is 0 Å². The van der Waals surface area contributed by atoms with Crippen molar-refractivity contribution in [2.45, 2.75) is 110 Å². The molecular weight excluding hydrogens is 268 g/mol. The molecule has 1 aromatic rings. The molecule has 128 valence electrons. The van der Waals surface area contributed by atoms with E-state index in [1.54, 1.807) is 0 Å². The van der Waals surface area contributed by atoms with Crippen LogP contribution in [0.4, 0.5) is 0 Å². The van der Waals surface area contributed by atoms with Crippen molar-refractivity contribution < 1.29 is 0 Å². The molecule has 0 spiro atoms. The second-order valence-electron chi connectivity index (χ2n) is 7.55. The van der Waals surface area contributed by atoms with Gasteiger partial charge in [0, 0.05) is 11.1 Å². The van der Waals surface area contributed by atoms with Gasteiger partial charge < -0.3 is 0 Å². The van der Waals surface area contributed by atoms with Gasteiger partial charge in [0.25, 0.3) is 0 Å². The van der Waals surface area contributed by atoms with Crippen LogP contribution < -0.4 is 0 Å². The van der Waals surface area contributed by atoms with E-state index in [9.17, 15) is 0 Å². The topological polar surface area (TPSA) is 28.7 Å². The number of hydrogen-bond donors (Lipinski definition) is 1. The van der Waals surface area contributed by atoms with E-state index in [2.05, 4.69) is 57.9 Å². The molecule has 1 rings (SSSR count). The van der Waals surface area contributed by atoms with Crippen molar-refractivity contribution in [3.05, 3.63) is 17.5 Å². The molecule has 0 bridgehead atoms. The van der Waals surface area contributed by atoms with Crippen molar-refractivity contribution >= 4 is 0 Å². The zero-order valence-corrected chi connectivity index (χ0v) is 15.9. The fourth-order valence-corrected chi connectivity index (χ4v) is 3.68. The van der Waals surface area contributed by atoms with E-state index in [0.717, 1.165) is 0 Å². The monoisotopic (exact) mass is 306 g/mol. The lowest BCUT2D eigenvalue weighted by atomic mass is 9.70. The Kier molecular flexibility index (Phi) is 7.65. The Bertz CT molecular complexity index is 423. The van der Waals surface area contributed by atoms with E-state index in [4.69, 9.17) is 0 Å². The van der Waals surface area contributed by atoms with Crippen LogP contribution in [0.5, 0.6) is 0 Å². The smallest absolute Gasteiger partial charge is 0.0527 e. The molecule has 0 aromatic carbocycles. The molecule has 22 heavy (non-hydrogen) atoms. The van der Waals surface area contributed by atoms with Crippen molar-refractivity contribution in [1.29, 1.82) is 0 Å². The maximum Gasteiger partial charge on any atom is 0.0527 e. The zero-order chi connectivity index (χ0) is 16.6. The summed E-state index contributed by atoms with van der Waals surface area (Å²) >= 11 is 0. The van der Waals surface area contributed by atoms with Gasteiger partial charge in [0.05, 0.1) is 6.20 Å². The summed E-state index contributed by atoms with van der Waals surface area (Å²) in [6, 6.07) is 0. The van der Waals surface area contributed by atoms with Crippen molar-refractivity contribution in [3.8, 4) is 0 Å². The summed E-state index contributed by atoms with van der Waals surface area (Å²) in [4.78, 5) is 0. The molecule has 1 aromatic heterocycles. The van der Waals surface area contributed by atoms with E-state index in [1.165, 1.54) is 69.0 Å². The van der Waals surface area contributed by atoms with Crippen molar-refractivity contribution in [2.75, 3.05) is 0 Å². The van der Waals surface area contributed by atoms with Gasteiger partial charge in [-0.2, -0.15) is 5.10 Å². The van der Waals surface area contributed by atoms with Gasteiger partial charge in [-0.1, -0.05) is 73.6 Å². The van der Waals surface area contributed by atoms with E-state index in [0.29, 0.717) is 0 Å². The highest BCUT2D eigenvalue weighted by atomic mass is 15.1. The van der Waals surface area contributed by atoms with Gasteiger partial charge in [-0.3, -0.25) is 5.10 Å². The molecule has 0 aliphatic rings. The Morgan fingerprint density at radius 1 is 0.864 bits per heavy atom. The number of H-pyrrole nitrogens is 1. The molecule has 0 aliphatic carbocycles. The lowest BCUT2D eigenvalue weighted by Gasteiger charge is -2.34. The lowest BCUT2D eigenvalue weighted by Crippen LogP contribution is -2.29. The fraction of sp³-hybridized carbons (Fsp3) is 0.850. The standard InChI is InChI=1S/C20H38N2/c1-7-11-12-13-15-19(5,9-3)17-16-21-22-18(17)20(6,10-4)14-8-2/h16H,7-15H2,1-6H3,(H,21,22). The minimum atomic E-state index is 0.237. The van der Waals surface area contributed by atoms with E-state index in [-0.39, 0.29) is 10.8 Å². The van der Waals surface area contributed by atoms with Gasteiger partial charge in [0.15, 0.2) is 0 Å². The van der Waals surface area contributed by atoms with Crippen molar-refractivity contribution in [2.24, 2.45) is 0 Å². The molecule has 0 radical (unpaired) electrons. The fourth-order valence-electron chi connectivity index (χ4n) is 3.68. The third-order valence-corrected chi connectivity index (χ3v) is 5.84. The molecule has 0 aliphatic heterocycles. The van der Waals surface area contributed by atoms with E-state index < -0.39 is 0 Å². The Morgan fingerprint density at radius 2 is 1.55 bits per heavy atom. The molecular formula is C20H38N2. The highest BCUT2D eigenvalue weighted by Gasteiger charge is 2.35. The van der Waals surface area contributed by atoms with Crippen LogP contribution in [0, 0.1) is 0 Å². The first-order chi connectivity index (χ1) is 10.5. The van der Waals surface area contributed by atoms with Crippen LogP contribution in [0.25, 0.3) is 0 Å². The average Bonchev–Trinajstić information content (AvgIpc) is 3.02. The molecule has 0 amide bonds. The van der Waals surface area contributed by atoms with Crippen LogP contribution in [0.3, 0.4) is 0 Å². The number of aromatic nitrogens is 2. The minimum Gasteiger partial charge on any atom is -0.282 e. The SMILES string of the molecule is CCCCCCC(C)(CC)c1cn[nH]c1C(C)(CC)CCC. The number of aromatic amines is 1. The van der Waals surface area contributed by atoms with Gasteiger partial charge in [-0.05, 0) is 36.7 Å². The predicted molar refractivity (Wildman–Crippen MR) is 97.5 cm³/mol. The molecule has 1 N–H and O–H groups in total. The Morgan fingerprint density at radius 3 is 2.09 bits per heavy atom. The molecule has 2 atom stereocenters. The molecule has 2 heteroatoms. The maximum atomic E-state index is 4.45. The molecule has 0 fully saturated rings. The average molecular weight is 307 g/mol. The Labute approximate surface area is 138 Å². The minimum absolute atomic E-state index is 0.237. The number of hydrogen-bond acceptors (Lipinski definition) is 1. The number of unbranched alkanes of at least 4 members (excludes halogenated alkanes) is 3. The summed E-state index contributed by atoms with van der Waals surface area (Å²) in [6.45, 7) is 14.1. The highest BCUT2D eigenvalue weighted by Crippen LogP contribution is 2.41. The lowest BCUT2D eigenvalue weighted by molar-refractivity contribution is 0.360. The predicted octanol–water partition coefficient (Wildman–Crippen LogP) is 6.52. The Balaban J connectivity index is 3.00. The number of nitrogens with one attached hydrogen (secondary N) is 1. The summed E-state index contributed by atoms with van der Waals surface area (Å²) < 4.78 is 0. The summed E-state index contributed by atoms with van der Waals surface area (Å²) in [5.41, 5.74) is 3.38. The van der Waals surface area contributed by atoms with Gasteiger partial charge in [0.1, 0.15) is 0 Å². The van der Waals surface area contributed by atoms with Gasteiger partial charge in [-0.15, -0.1) is 0 Å². The Hall–Kier alpha value is -0.790. The van der Waals surface area contributed by atoms with Crippen LogP contribution in [0.15, 0.2) is 6.20 Å². The number of nitrogens with zero attached hydrogens (tertiary/aromatic N) is 1. The third kappa shape index (κ3) is 4.36. The molecule has 2 unspecified atom stereocenters. The van der Waals surface area contributed by atoms with Crippen LogP contribution in [0.2, 0.25) is 0 Å². The van der Waals surface area contributed by atoms with Gasteiger partial charge in [0.2, 0.25) is 0 Å². The van der Waals surface area contributed by atoms with Crippen molar-refractivity contribution in [3.63, 3.8) is 0 Å². The summed E-state index contributed by atoms with van der Waals surface area (Å²) in [5.74, 6) is 0. The molecule has 2 nitrogen and oxygen atoms in total. The third-order valence-electron chi connectivity index (χ3n) is 5.84. The summed E-state index contributed by atoms with van der Waals surface area (Å²) in [7, 11) is 0. The van der Waals surface area contributed by atoms with Crippen LogP contribution in [0.1, 0.15) is 111 Å². The highest BCUT2D eigenvalue weighted by molar-refractivity contribution is 5.32. The maximum absolute atomic E-state index is 4.45. The first kappa shape index (κ1) is 19.3. The van der Waals surface area contributed by atoms with Gasteiger partial charge in [-0.25, -0.2) is 0 Å². The number of rotatable bonds is 11. The molecule has 0 saturated heterocycles. The van der Waals surface area contributed by atoms with Crippen molar-refractivity contribution in [1.82, 2.24) is 10.2 Å². The largest absolute Gasteiger partial charge is 0.282 e. The molecule has 0 saturated carbocycles. The van der Waals surface area contributed by atoms with E-state index in [1.807, 2.05) is 0 Å². The first-order valence-corrected chi connectivity index (χ1v) is 9.51. The quantitative estimate of drug-likeness (QED) is 0.463. The van der Waals surface area contributed by atoms with E-state index >= 15 is 0 Å².